The molecule has 1 atom stereocenters. The van der Waals surface area contributed by atoms with Crippen molar-refractivity contribution >= 4 is 58.3 Å². The SMILES string of the molecule is ClC(Cl)(Cl)C(c1ccccc1)N1CC=Cc2cnc(Nc3ccccc3)nc21. The van der Waals surface area contributed by atoms with Crippen LogP contribution in [-0.2, 0) is 0 Å². The second-order valence-electron chi connectivity index (χ2n) is 6.37. The lowest BCUT2D eigenvalue weighted by Crippen LogP contribution is -2.39. The van der Waals surface area contributed by atoms with Gasteiger partial charge in [0.15, 0.2) is 0 Å². The van der Waals surface area contributed by atoms with Crippen LogP contribution in [-0.4, -0.2) is 20.3 Å². The molecule has 4 nitrogen and oxygen atoms in total. The molecule has 0 radical (unpaired) electrons. The molecule has 0 saturated heterocycles. The largest absolute Gasteiger partial charge is 0.341 e. The number of rotatable bonds is 4. The van der Waals surface area contributed by atoms with Crippen LogP contribution < -0.4 is 10.2 Å². The molecule has 1 aromatic heterocycles. The third-order valence-electron chi connectivity index (χ3n) is 4.43. The average Bonchev–Trinajstić information content (AvgIpc) is 2.69. The standard InChI is InChI=1S/C21H17Cl3N4/c22-21(23,24)18(15-8-3-1-4-9-15)28-13-7-10-16-14-25-20(27-19(16)28)26-17-11-5-2-6-12-17/h1-12,14,18H,13H2,(H,25,26,27). The van der Waals surface area contributed by atoms with Gasteiger partial charge in [-0.05, 0) is 17.7 Å². The van der Waals surface area contributed by atoms with E-state index in [2.05, 4.69) is 10.3 Å². The third kappa shape index (κ3) is 4.09. The summed E-state index contributed by atoms with van der Waals surface area (Å²) in [6, 6.07) is 19.0. The summed E-state index contributed by atoms with van der Waals surface area (Å²) in [5.41, 5.74) is 2.68. The number of hydrogen-bond acceptors (Lipinski definition) is 4. The van der Waals surface area contributed by atoms with Crippen molar-refractivity contribution in [3.05, 3.63) is 84.1 Å². The molecule has 142 valence electrons. The minimum absolute atomic E-state index is 0.487. The number of anilines is 3. The molecular weight excluding hydrogens is 415 g/mol. The Morgan fingerprint density at radius 2 is 1.64 bits per heavy atom. The topological polar surface area (TPSA) is 41.1 Å². The Labute approximate surface area is 178 Å². The van der Waals surface area contributed by atoms with E-state index in [4.69, 9.17) is 39.8 Å². The average molecular weight is 432 g/mol. The monoisotopic (exact) mass is 430 g/mol. The van der Waals surface area contributed by atoms with Crippen LogP contribution in [0.4, 0.5) is 17.5 Å². The van der Waals surface area contributed by atoms with Gasteiger partial charge in [0.25, 0.3) is 0 Å². The number of fused-ring (bicyclic) bond motifs is 1. The molecule has 28 heavy (non-hydrogen) atoms. The Morgan fingerprint density at radius 3 is 2.32 bits per heavy atom. The van der Waals surface area contributed by atoms with Gasteiger partial charge in [-0.25, -0.2) is 4.98 Å². The molecule has 0 bridgehead atoms. The first-order chi connectivity index (χ1) is 13.5. The lowest BCUT2D eigenvalue weighted by Gasteiger charge is -2.38. The predicted octanol–water partition coefficient (Wildman–Crippen LogP) is 6.16. The normalized spacial score (nSPS) is 14.5. The summed E-state index contributed by atoms with van der Waals surface area (Å²) in [4.78, 5) is 11.1. The molecule has 7 heteroatoms. The minimum Gasteiger partial charge on any atom is -0.341 e. The minimum atomic E-state index is -1.54. The number of para-hydroxylation sites is 1. The molecule has 0 aliphatic carbocycles. The highest BCUT2D eigenvalue weighted by molar-refractivity contribution is 6.68. The fourth-order valence-corrected chi connectivity index (χ4v) is 3.96. The number of nitrogens with one attached hydrogen (secondary N) is 1. The first-order valence-electron chi connectivity index (χ1n) is 8.76. The summed E-state index contributed by atoms with van der Waals surface area (Å²) in [6.07, 6.45) is 5.78. The summed E-state index contributed by atoms with van der Waals surface area (Å²) in [5, 5.41) is 3.22. The lowest BCUT2D eigenvalue weighted by molar-refractivity contribution is 0.649. The van der Waals surface area contributed by atoms with Gasteiger partial charge in [-0.1, -0.05) is 95.5 Å². The van der Waals surface area contributed by atoms with Crippen LogP contribution in [0, 0.1) is 0 Å². The van der Waals surface area contributed by atoms with Crippen molar-refractivity contribution in [2.75, 3.05) is 16.8 Å². The fourth-order valence-electron chi connectivity index (χ4n) is 3.23. The van der Waals surface area contributed by atoms with Gasteiger partial charge in [-0.3, -0.25) is 0 Å². The van der Waals surface area contributed by atoms with Crippen molar-refractivity contribution in [3.8, 4) is 0 Å². The van der Waals surface area contributed by atoms with E-state index in [1.807, 2.05) is 77.7 Å². The van der Waals surface area contributed by atoms with E-state index < -0.39 is 9.83 Å². The van der Waals surface area contributed by atoms with Crippen LogP contribution in [0.2, 0.25) is 0 Å². The zero-order chi connectivity index (χ0) is 19.6. The first kappa shape index (κ1) is 19.1. The van der Waals surface area contributed by atoms with E-state index in [0.29, 0.717) is 12.5 Å². The highest BCUT2D eigenvalue weighted by Gasteiger charge is 2.40. The summed E-state index contributed by atoms with van der Waals surface area (Å²) in [7, 11) is 0. The van der Waals surface area contributed by atoms with Crippen LogP contribution in [0.1, 0.15) is 17.2 Å². The quantitative estimate of drug-likeness (QED) is 0.502. The Bertz CT molecular complexity index is 972. The highest BCUT2D eigenvalue weighted by atomic mass is 35.6. The second-order valence-corrected chi connectivity index (χ2v) is 8.74. The molecule has 3 aromatic rings. The van der Waals surface area contributed by atoms with Crippen molar-refractivity contribution in [2.24, 2.45) is 0 Å². The number of aromatic nitrogens is 2. The van der Waals surface area contributed by atoms with Crippen LogP contribution in [0.25, 0.3) is 6.08 Å². The summed E-state index contributed by atoms with van der Waals surface area (Å²) in [6.45, 7) is 0.572. The van der Waals surface area contributed by atoms with Gasteiger partial charge >= 0.3 is 0 Å². The fraction of sp³-hybridized carbons (Fsp3) is 0.143. The Hall–Kier alpha value is -2.27. The van der Waals surface area contributed by atoms with E-state index >= 15 is 0 Å². The second kappa shape index (κ2) is 8.00. The molecular formula is C21H17Cl3N4. The van der Waals surface area contributed by atoms with Gasteiger partial charge in [0, 0.05) is 24.0 Å². The zero-order valence-corrected chi connectivity index (χ0v) is 17.0. The molecule has 2 heterocycles. The summed E-state index contributed by atoms with van der Waals surface area (Å²) >= 11 is 19.2. The molecule has 1 unspecified atom stereocenters. The number of hydrogen-bond donors (Lipinski definition) is 1. The van der Waals surface area contributed by atoms with Crippen LogP contribution in [0.3, 0.4) is 0 Å². The zero-order valence-electron chi connectivity index (χ0n) is 14.8. The Balaban J connectivity index is 1.74. The van der Waals surface area contributed by atoms with Gasteiger partial charge in [-0.2, -0.15) is 4.98 Å². The maximum atomic E-state index is 6.41. The molecule has 0 amide bonds. The summed E-state index contributed by atoms with van der Waals surface area (Å²) in [5.74, 6) is 1.21. The van der Waals surface area contributed by atoms with Gasteiger partial charge in [0.2, 0.25) is 9.74 Å². The molecule has 1 aliphatic rings. The Morgan fingerprint density at radius 1 is 0.964 bits per heavy atom. The molecule has 0 spiro atoms. The third-order valence-corrected chi connectivity index (χ3v) is 5.05. The molecule has 1 aliphatic heterocycles. The van der Waals surface area contributed by atoms with E-state index in [9.17, 15) is 0 Å². The van der Waals surface area contributed by atoms with Crippen molar-refractivity contribution in [1.82, 2.24) is 9.97 Å². The molecule has 4 rings (SSSR count). The number of nitrogens with zero attached hydrogens (tertiary/aromatic N) is 3. The molecule has 2 aromatic carbocycles. The van der Waals surface area contributed by atoms with Crippen molar-refractivity contribution in [3.63, 3.8) is 0 Å². The van der Waals surface area contributed by atoms with Crippen molar-refractivity contribution in [2.45, 2.75) is 9.83 Å². The smallest absolute Gasteiger partial charge is 0.229 e. The molecule has 1 N–H and O–H groups in total. The van der Waals surface area contributed by atoms with E-state index in [1.54, 1.807) is 6.20 Å². The van der Waals surface area contributed by atoms with Crippen molar-refractivity contribution in [1.29, 1.82) is 0 Å². The van der Waals surface area contributed by atoms with Crippen molar-refractivity contribution < 1.29 is 0 Å². The van der Waals surface area contributed by atoms with E-state index in [1.165, 1.54) is 0 Å². The molecule has 0 saturated carbocycles. The first-order valence-corrected chi connectivity index (χ1v) is 9.90. The Kier molecular flexibility index (Phi) is 5.44. The van der Waals surface area contributed by atoms with Gasteiger partial charge in [-0.15, -0.1) is 0 Å². The maximum Gasteiger partial charge on any atom is 0.229 e. The summed E-state index contributed by atoms with van der Waals surface area (Å²) < 4.78 is -1.54. The maximum absolute atomic E-state index is 6.41. The number of alkyl halides is 3. The highest BCUT2D eigenvalue weighted by Crippen LogP contribution is 2.46. The van der Waals surface area contributed by atoms with Gasteiger partial charge in [0.1, 0.15) is 11.9 Å². The van der Waals surface area contributed by atoms with Crippen LogP contribution in [0.15, 0.2) is 72.9 Å². The lowest BCUT2D eigenvalue weighted by atomic mass is 10.0. The van der Waals surface area contributed by atoms with Gasteiger partial charge < -0.3 is 10.2 Å². The van der Waals surface area contributed by atoms with Crippen LogP contribution in [0.5, 0.6) is 0 Å². The number of halogens is 3. The molecule has 0 fully saturated rings. The van der Waals surface area contributed by atoms with Gasteiger partial charge in [0.05, 0.1) is 0 Å². The van der Waals surface area contributed by atoms with E-state index in [-0.39, 0.29) is 0 Å². The number of benzene rings is 2. The predicted molar refractivity (Wildman–Crippen MR) is 118 cm³/mol. The van der Waals surface area contributed by atoms with E-state index in [0.717, 1.165) is 22.6 Å². The van der Waals surface area contributed by atoms with Crippen LogP contribution >= 0.6 is 34.8 Å².